The molecule has 1 aliphatic rings. The minimum Gasteiger partial charge on any atom is -0.504 e. The molecule has 0 saturated heterocycles. The van der Waals surface area contributed by atoms with Crippen molar-refractivity contribution in [2.45, 2.75) is 24.9 Å². The predicted molar refractivity (Wildman–Crippen MR) is 74.2 cm³/mol. The Bertz CT molecular complexity index is 568. The van der Waals surface area contributed by atoms with Crippen molar-refractivity contribution in [3.63, 3.8) is 0 Å². The summed E-state index contributed by atoms with van der Waals surface area (Å²) in [4.78, 5) is 0. The van der Waals surface area contributed by atoms with Gasteiger partial charge in [-0.2, -0.15) is 0 Å². The van der Waals surface area contributed by atoms with E-state index in [4.69, 9.17) is 0 Å². The van der Waals surface area contributed by atoms with E-state index in [-0.39, 0.29) is 11.5 Å². The lowest BCUT2D eigenvalue weighted by molar-refractivity contribution is 0.403. The quantitative estimate of drug-likeness (QED) is 0.736. The lowest BCUT2D eigenvalue weighted by Crippen LogP contribution is -2.17. The third kappa shape index (κ3) is 2.71. The third-order valence-corrected chi connectivity index (χ3v) is 3.63. The molecule has 3 N–H and O–H groups in total. The van der Waals surface area contributed by atoms with E-state index in [9.17, 15) is 10.2 Å². The number of nitrogens with one attached hydrogen (secondary N) is 1. The highest BCUT2D eigenvalue weighted by molar-refractivity contribution is 5.40. The molecule has 3 nitrogen and oxygen atoms in total. The van der Waals surface area contributed by atoms with Crippen LogP contribution in [0.4, 0.5) is 0 Å². The van der Waals surface area contributed by atoms with Gasteiger partial charge in [-0.1, -0.05) is 36.4 Å². The molecular weight excluding hydrogens is 238 g/mol. The Kier molecular flexibility index (Phi) is 3.13. The van der Waals surface area contributed by atoms with E-state index in [0.717, 1.165) is 12.0 Å². The summed E-state index contributed by atoms with van der Waals surface area (Å²) >= 11 is 0. The van der Waals surface area contributed by atoms with Gasteiger partial charge in [0, 0.05) is 18.5 Å². The Morgan fingerprint density at radius 1 is 1.00 bits per heavy atom. The molecule has 1 aliphatic carbocycles. The molecule has 3 heteroatoms. The maximum Gasteiger partial charge on any atom is 0.157 e. The second-order valence-electron chi connectivity index (χ2n) is 5.06. The van der Waals surface area contributed by atoms with Gasteiger partial charge in [0.25, 0.3) is 0 Å². The lowest BCUT2D eigenvalue weighted by atomic mass is 10.1. The van der Waals surface area contributed by atoms with Gasteiger partial charge in [0.05, 0.1) is 0 Å². The van der Waals surface area contributed by atoms with E-state index in [0.29, 0.717) is 18.5 Å². The average Bonchev–Trinajstić information content (AvgIpc) is 3.21. The molecule has 3 rings (SSSR count). The van der Waals surface area contributed by atoms with Gasteiger partial charge < -0.3 is 15.5 Å². The monoisotopic (exact) mass is 255 g/mol. The van der Waals surface area contributed by atoms with Crippen LogP contribution in [-0.4, -0.2) is 16.3 Å². The van der Waals surface area contributed by atoms with E-state index in [1.807, 2.05) is 12.1 Å². The summed E-state index contributed by atoms with van der Waals surface area (Å²) in [5.74, 6) is 0.471. The van der Waals surface area contributed by atoms with E-state index in [1.165, 1.54) is 11.6 Å². The lowest BCUT2D eigenvalue weighted by Gasteiger charge is -2.06. The Hall–Kier alpha value is -2.00. The second-order valence-corrected chi connectivity index (χ2v) is 5.06. The Morgan fingerprint density at radius 3 is 2.53 bits per heavy atom. The highest BCUT2D eigenvalue weighted by Crippen LogP contribution is 2.40. The molecule has 1 fully saturated rings. The average molecular weight is 255 g/mol. The van der Waals surface area contributed by atoms with Crippen LogP contribution in [0.1, 0.15) is 23.5 Å². The van der Waals surface area contributed by atoms with Crippen molar-refractivity contribution in [1.82, 2.24) is 5.32 Å². The van der Waals surface area contributed by atoms with Crippen molar-refractivity contribution >= 4 is 0 Å². The van der Waals surface area contributed by atoms with Crippen LogP contribution in [0.3, 0.4) is 0 Å². The second kappa shape index (κ2) is 4.94. The van der Waals surface area contributed by atoms with Gasteiger partial charge in [0.2, 0.25) is 0 Å². The maximum atomic E-state index is 9.43. The molecule has 0 bridgehead atoms. The fourth-order valence-electron chi connectivity index (χ4n) is 2.42. The van der Waals surface area contributed by atoms with Crippen LogP contribution < -0.4 is 5.32 Å². The standard InChI is InChI=1S/C16H17NO2/c18-15-7-6-11(8-16(15)19)10-17-14-9-13(14)12-4-2-1-3-5-12/h1-8,13-14,17-19H,9-10H2. The van der Waals surface area contributed by atoms with Gasteiger partial charge in [-0.05, 0) is 29.7 Å². The SMILES string of the molecule is Oc1ccc(CNC2CC2c2ccccc2)cc1O. The molecule has 2 aromatic carbocycles. The minimum absolute atomic E-state index is 0.0605. The molecule has 0 radical (unpaired) electrons. The predicted octanol–water partition coefficient (Wildman–Crippen LogP) is 2.74. The fourth-order valence-corrected chi connectivity index (χ4v) is 2.42. The van der Waals surface area contributed by atoms with Crippen molar-refractivity contribution < 1.29 is 10.2 Å². The molecular formula is C16H17NO2. The van der Waals surface area contributed by atoms with Crippen LogP contribution in [0.2, 0.25) is 0 Å². The van der Waals surface area contributed by atoms with Gasteiger partial charge in [0.1, 0.15) is 0 Å². The van der Waals surface area contributed by atoms with Gasteiger partial charge in [0.15, 0.2) is 11.5 Å². The highest BCUT2D eigenvalue weighted by atomic mass is 16.3. The summed E-state index contributed by atoms with van der Waals surface area (Å²) in [6, 6.07) is 16.0. The molecule has 0 amide bonds. The highest BCUT2D eigenvalue weighted by Gasteiger charge is 2.37. The Balaban J connectivity index is 1.56. The first-order chi connectivity index (χ1) is 9.24. The molecule has 0 heterocycles. The zero-order valence-corrected chi connectivity index (χ0v) is 10.6. The van der Waals surface area contributed by atoms with Gasteiger partial charge in [-0.25, -0.2) is 0 Å². The normalized spacial score (nSPS) is 21.3. The van der Waals surface area contributed by atoms with Crippen LogP contribution in [0.15, 0.2) is 48.5 Å². The first-order valence-corrected chi connectivity index (χ1v) is 6.53. The van der Waals surface area contributed by atoms with Crippen LogP contribution in [0.5, 0.6) is 11.5 Å². The number of phenolic OH excluding ortho intramolecular Hbond substituents is 2. The number of hydrogen-bond donors (Lipinski definition) is 3. The summed E-state index contributed by atoms with van der Waals surface area (Å²) in [5, 5.41) is 22.2. The van der Waals surface area contributed by atoms with Crippen LogP contribution in [0.25, 0.3) is 0 Å². The first kappa shape index (κ1) is 12.1. The van der Waals surface area contributed by atoms with E-state index in [1.54, 1.807) is 6.07 Å². The summed E-state index contributed by atoms with van der Waals surface area (Å²) in [6.07, 6.45) is 1.16. The van der Waals surface area contributed by atoms with Crippen molar-refractivity contribution in [2.24, 2.45) is 0 Å². The molecule has 1 saturated carbocycles. The Morgan fingerprint density at radius 2 is 1.79 bits per heavy atom. The first-order valence-electron chi connectivity index (χ1n) is 6.53. The summed E-state index contributed by atoms with van der Waals surface area (Å²) in [7, 11) is 0. The van der Waals surface area contributed by atoms with Crippen LogP contribution in [0, 0.1) is 0 Å². The summed E-state index contributed by atoms with van der Waals surface area (Å²) in [6.45, 7) is 0.710. The smallest absolute Gasteiger partial charge is 0.157 e. The number of phenols is 2. The van der Waals surface area contributed by atoms with Crippen LogP contribution in [-0.2, 0) is 6.54 Å². The number of hydrogen-bond acceptors (Lipinski definition) is 3. The molecule has 0 aromatic heterocycles. The summed E-state index contributed by atoms with van der Waals surface area (Å²) in [5.41, 5.74) is 2.36. The topological polar surface area (TPSA) is 52.5 Å². The zero-order valence-electron chi connectivity index (χ0n) is 10.6. The molecule has 19 heavy (non-hydrogen) atoms. The van der Waals surface area contributed by atoms with E-state index in [2.05, 4.69) is 29.6 Å². The molecule has 0 aliphatic heterocycles. The van der Waals surface area contributed by atoms with Crippen LogP contribution >= 0.6 is 0 Å². The maximum absolute atomic E-state index is 9.43. The van der Waals surface area contributed by atoms with E-state index < -0.39 is 0 Å². The van der Waals surface area contributed by atoms with Gasteiger partial charge >= 0.3 is 0 Å². The number of aromatic hydroxyl groups is 2. The van der Waals surface area contributed by atoms with Gasteiger partial charge in [-0.15, -0.1) is 0 Å². The number of rotatable bonds is 4. The Labute approximate surface area is 112 Å². The van der Waals surface area contributed by atoms with E-state index >= 15 is 0 Å². The van der Waals surface area contributed by atoms with Gasteiger partial charge in [-0.3, -0.25) is 0 Å². The molecule has 2 aromatic rings. The van der Waals surface area contributed by atoms with Crippen molar-refractivity contribution in [3.8, 4) is 11.5 Å². The fraction of sp³-hybridized carbons (Fsp3) is 0.250. The largest absolute Gasteiger partial charge is 0.504 e. The van der Waals surface area contributed by atoms with Crippen molar-refractivity contribution in [2.75, 3.05) is 0 Å². The number of benzene rings is 2. The molecule has 0 spiro atoms. The molecule has 98 valence electrons. The summed E-state index contributed by atoms with van der Waals surface area (Å²) < 4.78 is 0. The minimum atomic E-state index is -0.0719. The third-order valence-electron chi connectivity index (χ3n) is 3.63. The molecule has 2 unspecified atom stereocenters. The van der Waals surface area contributed by atoms with Crippen molar-refractivity contribution in [1.29, 1.82) is 0 Å². The van der Waals surface area contributed by atoms with Crippen molar-refractivity contribution in [3.05, 3.63) is 59.7 Å². The zero-order chi connectivity index (χ0) is 13.2. The molecule has 2 atom stereocenters.